The Hall–Kier alpha value is -1.96. The molecule has 4 saturated heterocycles. The molecule has 0 aromatic carbocycles. The van der Waals surface area contributed by atoms with Crippen LogP contribution in [0.25, 0.3) is 33.0 Å². The quantitative estimate of drug-likeness (QED) is 0.0181. The van der Waals surface area contributed by atoms with Gasteiger partial charge in [-0.25, -0.2) is 0 Å². The van der Waals surface area contributed by atoms with Gasteiger partial charge in [0.05, 0.1) is 52.4 Å². The van der Waals surface area contributed by atoms with Crippen LogP contribution in [-0.2, 0) is 197 Å². The maximum Gasteiger partial charge on any atom is 2.00 e. The minimum absolute atomic E-state index is 0. The second-order valence-electron chi connectivity index (χ2n) is 22.2. The molecule has 5 aliphatic heterocycles. The molecule has 27 N–H and O–H groups in total. The third kappa shape index (κ3) is 62.3. The van der Waals surface area contributed by atoms with Gasteiger partial charge in [-0.2, -0.15) is 6.20 Å². The van der Waals surface area contributed by atoms with Crippen LogP contribution in [0.15, 0.2) is 42.9 Å². The van der Waals surface area contributed by atoms with Crippen LogP contribution >= 0.6 is 0 Å². The van der Waals surface area contributed by atoms with Gasteiger partial charge in [-0.05, 0) is 72.9 Å². The van der Waals surface area contributed by atoms with Crippen molar-refractivity contribution in [2.75, 3.05) is 177 Å². The Morgan fingerprint density at radius 2 is 0.670 bits per heavy atom. The monoisotopic (exact) mass is 1940 g/mol. The summed E-state index contributed by atoms with van der Waals surface area (Å²) < 4.78 is 0. The number of nitrogens with one attached hydrogen (secondary N) is 1. The standard InChI is InChI=1S/2C14H25N3O10.C10H19N2.C10H18N2.C10H9N2.5Cd.H2N.4H2O/c2*18-10(19)5-15(1-3-16(6-11(20)21)7-12(22)23)2-4-17(8-13(24)25)9-14(26)27;3*1-5-11-6-2-9(1)10-3-7-12-8-4-10;;;;;;;;;;/h2*11,20-21H,1-9H2,(H,18,19)(H,22,23)(H,24,25)(H,26,27);9-11H,1-8H2;9-10H,1-8H2;1-7H,8H2;;;;;;5*1H2/q;;-1;-2;-1;;;;2*+2;-1;;;;/p+4. The van der Waals surface area contributed by atoms with E-state index in [1.165, 1.54) is 95.2 Å². The molecule has 1 aromatic heterocycles. The third-order valence-corrected chi connectivity index (χ3v) is 15.1. The predicted octanol–water partition coefficient (Wildman–Crippen LogP) is -3.21. The number of nitrogens with zero attached hydrogens (tertiary/aromatic N) is 11. The second-order valence-corrected chi connectivity index (χ2v) is 22.2. The number of pyridine rings is 1. The number of nitrogens with two attached hydrogens (primary N) is 1. The zero-order valence-electron chi connectivity index (χ0n) is 57.7. The molecule has 0 amide bonds. The van der Waals surface area contributed by atoms with E-state index in [1.54, 1.807) is 12.4 Å². The number of carboxylic acid groups (broad SMARTS) is 8. The number of aliphatic hydroxyl groups is 4. The Morgan fingerprint density at radius 3 is 0.930 bits per heavy atom. The molecule has 100 heavy (non-hydrogen) atoms. The molecule has 558 valence electrons. The minimum atomic E-state index is -1.76. The summed E-state index contributed by atoms with van der Waals surface area (Å²) in [7, 11) is 0. The first-order chi connectivity index (χ1) is 42.9. The van der Waals surface area contributed by atoms with Crippen LogP contribution in [0.5, 0.6) is 0 Å². The molecule has 42 heteroatoms. The van der Waals surface area contributed by atoms with E-state index in [-0.39, 0.29) is 230 Å². The zero-order valence-corrected chi connectivity index (χ0v) is 77.9. The fourth-order valence-electron chi connectivity index (χ4n) is 10.8. The Labute approximate surface area is 684 Å². The summed E-state index contributed by atoms with van der Waals surface area (Å²) in [6.45, 7) is 5.46. The molecule has 1 aromatic rings. The van der Waals surface area contributed by atoms with E-state index in [0.717, 1.165) is 79.3 Å². The molecular weight excluding hydrogens is 1820 g/mol. The van der Waals surface area contributed by atoms with Gasteiger partial charge in [0.1, 0.15) is 0 Å². The largest absolute Gasteiger partial charge is 2.00 e. The SMILES string of the molecule is C1=CC(c2ccncc2)=CC[N-]1.C1CC(C2CCNCC2)CC[N-]1.C1CC(C2CC[N-]CC2)CC[N-]1.O=C(O)CN(CCN(CC(=O)O)CC(=O)O)CCN(CC(=O)O)CC(O)O.O=C(O)CN(CCN(CC(=O)O)CC(=O)O)CCN(CC(=O)O)CC(O)O.[Cd+2].[Cd+2].[Cd].[Cd].[Cd].[NH2-].[OH3+].[OH3+].[OH3+].[OH3+]. The molecule has 6 heterocycles. The van der Waals surface area contributed by atoms with Gasteiger partial charge >= 0.3 is 102 Å². The van der Waals surface area contributed by atoms with E-state index in [1.807, 2.05) is 24.4 Å². The van der Waals surface area contributed by atoms with E-state index >= 15 is 0 Å². The van der Waals surface area contributed by atoms with Crippen molar-refractivity contribution in [1.82, 2.24) is 39.7 Å². The fourth-order valence-corrected chi connectivity index (χ4v) is 10.8. The average molecular weight is 1940 g/mol. The van der Waals surface area contributed by atoms with Crippen molar-refractivity contribution < 1.29 is 258 Å². The molecule has 4 fully saturated rings. The van der Waals surface area contributed by atoms with Crippen LogP contribution in [-0.4, -0.2) is 333 Å². The maximum absolute atomic E-state index is 11.0. The summed E-state index contributed by atoms with van der Waals surface area (Å²) in [6.07, 6.45) is 17.0. The summed E-state index contributed by atoms with van der Waals surface area (Å²) in [6, 6.07) is 4.00. The second kappa shape index (κ2) is 71.3. The summed E-state index contributed by atoms with van der Waals surface area (Å²) in [4.78, 5) is 98.0. The molecule has 0 radical (unpaired) electrons. The van der Waals surface area contributed by atoms with Gasteiger partial charge in [-0.1, -0.05) is 50.7 Å². The Bertz CT molecular complexity index is 2140. The van der Waals surface area contributed by atoms with Gasteiger partial charge in [0.15, 0.2) is 12.6 Å². The number of piperidine rings is 4. The smallest absolute Gasteiger partial charge is 0.693 e. The predicted molar refractivity (Wildman–Crippen MR) is 354 cm³/mol. The van der Waals surface area contributed by atoms with Crippen molar-refractivity contribution in [2.45, 2.75) is 63.9 Å². The van der Waals surface area contributed by atoms with Crippen molar-refractivity contribution in [2.24, 2.45) is 23.7 Å². The average Bonchev–Trinajstić information content (AvgIpc) is 0.915. The molecule has 0 unspecified atom stereocenters. The van der Waals surface area contributed by atoms with E-state index in [2.05, 4.69) is 37.6 Å². The number of aliphatic hydroxyl groups excluding tert-OH is 2. The molecule has 37 nitrogen and oxygen atoms in total. The van der Waals surface area contributed by atoms with E-state index in [9.17, 15) is 38.4 Å². The maximum atomic E-state index is 11.0. The topological polar surface area (TPSA) is 646 Å². The molecule has 0 saturated carbocycles. The number of carbonyl (C=O) groups is 8. The molecular formula is C58H110Cd5N13O24+3. The molecule has 0 aliphatic carbocycles. The van der Waals surface area contributed by atoms with Crippen LogP contribution in [0.2, 0.25) is 0 Å². The van der Waals surface area contributed by atoms with E-state index in [0.29, 0.717) is 0 Å². The number of allylic oxidation sites excluding steroid dienone is 2. The van der Waals surface area contributed by atoms with Gasteiger partial charge < -0.3 is 116 Å². The van der Waals surface area contributed by atoms with Crippen molar-refractivity contribution in [3.8, 4) is 0 Å². The van der Waals surface area contributed by atoms with Crippen LogP contribution in [0.1, 0.15) is 56.9 Å². The molecule has 5 aliphatic rings. The summed E-state index contributed by atoms with van der Waals surface area (Å²) >= 11 is 0. The fraction of sp³-hybridized carbons (Fsp3) is 0.707. The Kier molecular flexibility index (Phi) is 83.0. The first-order valence-electron chi connectivity index (χ1n) is 30.2. The van der Waals surface area contributed by atoms with E-state index < -0.39 is 113 Å². The normalized spacial score (nSPS) is 15.0. The summed E-state index contributed by atoms with van der Waals surface area (Å²) in [5.41, 5.74) is 2.43. The van der Waals surface area contributed by atoms with Gasteiger partial charge in [-0.3, -0.25) is 72.7 Å². The van der Waals surface area contributed by atoms with Crippen LogP contribution in [0, 0.1) is 23.7 Å². The number of hydrogen-bond donors (Lipinski definition) is 13. The van der Waals surface area contributed by atoms with Gasteiger partial charge in [-0.15, -0.1) is 45.8 Å². The molecule has 0 bridgehead atoms. The zero-order chi connectivity index (χ0) is 66.6. The minimum Gasteiger partial charge on any atom is -0.693 e. The number of aromatic nitrogens is 1. The molecule has 0 atom stereocenters. The first kappa shape index (κ1) is 116. The van der Waals surface area contributed by atoms with Crippen molar-refractivity contribution in [3.05, 3.63) is 75.9 Å². The Morgan fingerprint density at radius 1 is 0.420 bits per heavy atom. The van der Waals surface area contributed by atoms with Crippen LogP contribution in [0.4, 0.5) is 0 Å². The molecule has 0 spiro atoms. The van der Waals surface area contributed by atoms with Crippen molar-refractivity contribution in [1.29, 1.82) is 0 Å². The van der Waals surface area contributed by atoms with E-state index in [4.69, 9.17) is 61.3 Å². The Balaban J connectivity index is -0.000000150. The number of carboxylic acids is 8. The van der Waals surface area contributed by atoms with Crippen LogP contribution < -0.4 is 5.32 Å². The van der Waals surface area contributed by atoms with Gasteiger partial charge in [0.2, 0.25) is 0 Å². The van der Waals surface area contributed by atoms with Gasteiger partial charge in [0, 0.05) is 160 Å². The number of aliphatic carboxylic acids is 8. The summed E-state index contributed by atoms with van der Waals surface area (Å²) in [5, 5.41) is 127. The summed E-state index contributed by atoms with van der Waals surface area (Å²) in [5.74, 6) is -5.69. The number of rotatable bonds is 35. The van der Waals surface area contributed by atoms with Gasteiger partial charge in [0.25, 0.3) is 0 Å². The first-order valence-corrected chi connectivity index (χ1v) is 30.2. The third-order valence-electron chi connectivity index (χ3n) is 15.1. The number of hydrogen-bond acceptors (Lipinski definition) is 20. The molecule has 6 rings (SSSR count). The van der Waals surface area contributed by atoms with Crippen molar-refractivity contribution in [3.63, 3.8) is 0 Å². The van der Waals surface area contributed by atoms with Crippen LogP contribution in [0.3, 0.4) is 0 Å². The van der Waals surface area contributed by atoms with Crippen molar-refractivity contribution >= 4 is 53.3 Å².